The van der Waals surface area contributed by atoms with Gasteiger partial charge in [0.25, 0.3) is 5.91 Å². The molecule has 0 unspecified atom stereocenters. The van der Waals surface area contributed by atoms with Crippen LogP contribution in [0.2, 0.25) is 0 Å². The Hall–Kier alpha value is -3.39. The van der Waals surface area contributed by atoms with Crippen LogP contribution >= 0.6 is 11.8 Å². The minimum Gasteiger partial charge on any atom is -0.489 e. The number of hydrogen-bond donors (Lipinski definition) is 1. The molecule has 0 saturated carbocycles. The summed E-state index contributed by atoms with van der Waals surface area (Å²) in [4.78, 5) is 23.1. The number of nitrogens with zero attached hydrogens (tertiary/aromatic N) is 2. The third-order valence-electron chi connectivity index (χ3n) is 3.58. The molecule has 1 heterocycles. The van der Waals surface area contributed by atoms with E-state index < -0.39 is 11.9 Å². The lowest BCUT2D eigenvalue weighted by molar-refractivity contribution is -0.135. The van der Waals surface area contributed by atoms with Crippen molar-refractivity contribution in [3.05, 3.63) is 76.7 Å². The lowest BCUT2D eigenvalue weighted by atomic mass is 10.2. The molecule has 1 fully saturated rings. The highest BCUT2D eigenvalue weighted by atomic mass is 32.2. The van der Waals surface area contributed by atoms with E-state index in [2.05, 4.69) is 20.3 Å². The van der Waals surface area contributed by atoms with Crippen molar-refractivity contribution in [3.8, 4) is 5.75 Å². The molecule has 1 N–H and O–H groups in total. The Bertz CT molecular complexity index is 938. The molecule has 1 saturated heterocycles. The van der Waals surface area contributed by atoms with Crippen LogP contribution in [0.1, 0.15) is 11.1 Å². The van der Waals surface area contributed by atoms with E-state index in [4.69, 9.17) is 4.74 Å². The second-order valence-corrected chi connectivity index (χ2v) is 6.61. The largest absolute Gasteiger partial charge is 0.489 e. The molecular weight excluding hydrogens is 378 g/mol. The van der Waals surface area contributed by atoms with Gasteiger partial charge in [-0.1, -0.05) is 30.3 Å². The van der Waals surface area contributed by atoms with Crippen LogP contribution in [0.25, 0.3) is 0 Å². The molecule has 0 radical (unpaired) electrons. The fourth-order valence-corrected chi connectivity index (χ4v) is 2.92. The SMILES string of the molecule is COC(=O)/C=C1/S/C(=N\N=Cc2ccc(OCc3ccccc3)cc2)NC1=O. The van der Waals surface area contributed by atoms with Gasteiger partial charge in [-0.15, -0.1) is 5.10 Å². The van der Waals surface area contributed by atoms with Crippen molar-refractivity contribution in [2.45, 2.75) is 6.61 Å². The average Bonchev–Trinajstić information content (AvgIpc) is 3.07. The highest BCUT2D eigenvalue weighted by molar-refractivity contribution is 8.18. The number of esters is 1. The standard InChI is InChI=1S/C20H17N3O4S/c1-26-18(24)11-17-19(25)22-20(28-17)23-21-12-14-7-9-16(10-8-14)27-13-15-5-3-2-4-6-15/h2-12H,13H2,1H3,(H,22,23,25)/b17-11+,21-12?. The second-order valence-electron chi connectivity index (χ2n) is 5.58. The molecule has 2 aromatic carbocycles. The molecule has 28 heavy (non-hydrogen) atoms. The minimum absolute atomic E-state index is 0.209. The minimum atomic E-state index is -0.600. The van der Waals surface area contributed by atoms with Crippen LogP contribution in [0.5, 0.6) is 5.75 Å². The van der Waals surface area contributed by atoms with Crippen molar-refractivity contribution >= 4 is 35.0 Å². The number of methoxy groups -OCH3 is 1. The summed E-state index contributed by atoms with van der Waals surface area (Å²) in [6.45, 7) is 0.500. The van der Waals surface area contributed by atoms with Gasteiger partial charge in [0.1, 0.15) is 12.4 Å². The van der Waals surface area contributed by atoms with E-state index in [0.717, 1.165) is 34.7 Å². The maximum atomic E-state index is 11.7. The molecule has 0 bridgehead atoms. The van der Waals surface area contributed by atoms with Crippen LogP contribution in [0.4, 0.5) is 0 Å². The summed E-state index contributed by atoms with van der Waals surface area (Å²) in [6.07, 6.45) is 2.67. The summed E-state index contributed by atoms with van der Waals surface area (Å²) in [5.41, 5.74) is 1.93. The van der Waals surface area contributed by atoms with E-state index in [9.17, 15) is 9.59 Å². The van der Waals surface area contributed by atoms with Crippen LogP contribution in [0, 0.1) is 0 Å². The van der Waals surface area contributed by atoms with Gasteiger partial charge >= 0.3 is 5.97 Å². The number of thioether (sulfide) groups is 1. The molecule has 0 aliphatic carbocycles. The predicted molar refractivity (Wildman–Crippen MR) is 108 cm³/mol. The molecule has 142 valence electrons. The Morgan fingerprint density at radius 1 is 1.14 bits per heavy atom. The average molecular weight is 395 g/mol. The molecule has 1 amide bonds. The van der Waals surface area contributed by atoms with E-state index in [-0.39, 0.29) is 4.91 Å². The van der Waals surface area contributed by atoms with Crippen molar-refractivity contribution < 1.29 is 19.1 Å². The number of hydrogen-bond acceptors (Lipinski definition) is 7. The van der Waals surface area contributed by atoms with Crippen molar-refractivity contribution in [3.63, 3.8) is 0 Å². The zero-order valence-corrected chi connectivity index (χ0v) is 15.8. The number of nitrogens with one attached hydrogen (secondary N) is 1. The molecule has 1 aliphatic heterocycles. The first-order valence-electron chi connectivity index (χ1n) is 8.31. The van der Waals surface area contributed by atoms with E-state index in [0.29, 0.717) is 11.8 Å². The number of rotatable bonds is 6. The Morgan fingerprint density at radius 2 is 1.89 bits per heavy atom. The van der Waals surface area contributed by atoms with Gasteiger partial charge in [0.15, 0.2) is 5.17 Å². The van der Waals surface area contributed by atoms with Gasteiger partial charge in [0, 0.05) is 6.08 Å². The van der Waals surface area contributed by atoms with Gasteiger partial charge in [-0.2, -0.15) is 5.10 Å². The van der Waals surface area contributed by atoms with Crippen LogP contribution in [0.3, 0.4) is 0 Å². The fraction of sp³-hybridized carbons (Fsp3) is 0.100. The quantitative estimate of drug-likeness (QED) is 0.352. The zero-order chi connectivity index (χ0) is 19.8. The highest BCUT2D eigenvalue weighted by Gasteiger charge is 2.24. The third-order valence-corrected chi connectivity index (χ3v) is 4.49. The normalized spacial score (nSPS) is 16.5. The summed E-state index contributed by atoms with van der Waals surface area (Å²) in [7, 11) is 1.24. The summed E-state index contributed by atoms with van der Waals surface area (Å²) in [5, 5.41) is 10.7. The van der Waals surface area contributed by atoms with Crippen LogP contribution in [-0.4, -0.2) is 30.4 Å². The van der Waals surface area contributed by atoms with E-state index in [1.807, 2.05) is 54.6 Å². The van der Waals surface area contributed by atoms with Crippen molar-refractivity contribution in [1.29, 1.82) is 0 Å². The molecule has 0 spiro atoms. The Balaban J connectivity index is 1.55. The molecule has 0 aromatic heterocycles. The Kier molecular flexibility index (Phi) is 6.59. The number of amidine groups is 1. The van der Waals surface area contributed by atoms with E-state index in [1.165, 1.54) is 7.11 Å². The maximum absolute atomic E-state index is 11.7. The van der Waals surface area contributed by atoms with Gasteiger partial charge in [0.05, 0.1) is 18.2 Å². The summed E-state index contributed by atoms with van der Waals surface area (Å²) < 4.78 is 10.2. The van der Waals surface area contributed by atoms with Gasteiger partial charge in [-0.3, -0.25) is 10.1 Å². The van der Waals surface area contributed by atoms with Crippen LogP contribution in [-0.2, 0) is 20.9 Å². The number of carbonyl (C=O) groups excluding carboxylic acids is 2. The third kappa shape index (κ3) is 5.55. The van der Waals surface area contributed by atoms with Crippen LogP contribution < -0.4 is 10.1 Å². The molecular formula is C20H17N3O4S. The lowest BCUT2D eigenvalue weighted by Crippen LogP contribution is -2.19. The smallest absolute Gasteiger partial charge is 0.331 e. The number of ether oxygens (including phenoxy) is 2. The first kappa shape index (κ1) is 19.4. The molecule has 8 heteroatoms. The summed E-state index contributed by atoms with van der Waals surface area (Å²) in [6, 6.07) is 17.3. The Morgan fingerprint density at radius 3 is 2.61 bits per heavy atom. The van der Waals surface area contributed by atoms with E-state index >= 15 is 0 Å². The summed E-state index contributed by atoms with van der Waals surface area (Å²) in [5.74, 6) is -0.259. The van der Waals surface area contributed by atoms with Crippen molar-refractivity contribution in [2.75, 3.05) is 7.11 Å². The monoisotopic (exact) mass is 395 g/mol. The summed E-state index contributed by atoms with van der Waals surface area (Å²) >= 11 is 1.02. The second kappa shape index (κ2) is 9.52. The van der Waals surface area contributed by atoms with Gasteiger partial charge in [0.2, 0.25) is 0 Å². The number of amides is 1. The van der Waals surface area contributed by atoms with Crippen molar-refractivity contribution in [1.82, 2.24) is 5.32 Å². The molecule has 1 aliphatic rings. The maximum Gasteiger partial charge on any atom is 0.331 e. The highest BCUT2D eigenvalue weighted by Crippen LogP contribution is 2.23. The molecule has 3 rings (SSSR count). The van der Waals surface area contributed by atoms with Gasteiger partial charge < -0.3 is 9.47 Å². The Labute approximate surface area is 166 Å². The van der Waals surface area contributed by atoms with Gasteiger partial charge in [-0.05, 0) is 47.2 Å². The predicted octanol–water partition coefficient (Wildman–Crippen LogP) is 2.88. The van der Waals surface area contributed by atoms with Crippen molar-refractivity contribution in [2.24, 2.45) is 10.2 Å². The van der Waals surface area contributed by atoms with E-state index in [1.54, 1.807) is 6.21 Å². The lowest BCUT2D eigenvalue weighted by Gasteiger charge is -2.06. The first-order chi connectivity index (χ1) is 13.6. The topological polar surface area (TPSA) is 89.3 Å². The number of carbonyl (C=O) groups is 2. The molecule has 2 aromatic rings. The van der Waals surface area contributed by atoms with Gasteiger partial charge in [-0.25, -0.2) is 4.79 Å². The number of benzene rings is 2. The molecule has 7 nitrogen and oxygen atoms in total. The zero-order valence-electron chi connectivity index (χ0n) is 15.0. The molecule has 0 atom stereocenters. The fourth-order valence-electron chi connectivity index (χ4n) is 2.18. The first-order valence-corrected chi connectivity index (χ1v) is 9.12. The van der Waals surface area contributed by atoms with Crippen LogP contribution in [0.15, 0.2) is 75.8 Å².